The summed E-state index contributed by atoms with van der Waals surface area (Å²) in [5.74, 6) is 2.16. The average molecular weight is 408 g/mol. The third kappa shape index (κ3) is 6.27. The van der Waals surface area contributed by atoms with Crippen LogP contribution in [0.4, 0.5) is 0 Å². The van der Waals surface area contributed by atoms with E-state index in [4.69, 9.17) is 9.47 Å². The molecule has 0 aliphatic heterocycles. The van der Waals surface area contributed by atoms with Crippen LogP contribution < -0.4 is 20.1 Å². The first-order valence-corrected chi connectivity index (χ1v) is 9.97. The van der Waals surface area contributed by atoms with E-state index in [0.717, 1.165) is 23.6 Å². The first-order chi connectivity index (χ1) is 14.7. The third-order valence-corrected chi connectivity index (χ3v) is 4.51. The van der Waals surface area contributed by atoms with Crippen molar-refractivity contribution in [3.05, 3.63) is 78.1 Å². The van der Waals surface area contributed by atoms with E-state index < -0.39 is 0 Å². The smallest absolute Gasteiger partial charge is 0.191 e. The largest absolute Gasteiger partial charge is 0.493 e. The summed E-state index contributed by atoms with van der Waals surface area (Å²) >= 11 is 0. The molecule has 2 N–H and O–H groups in total. The maximum atomic E-state index is 5.97. The molecule has 158 valence electrons. The van der Waals surface area contributed by atoms with Crippen LogP contribution in [-0.4, -0.2) is 42.5 Å². The van der Waals surface area contributed by atoms with Crippen LogP contribution in [0.3, 0.4) is 0 Å². The number of ether oxygens (including phenoxy) is 2. The Morgan fingerprint density at radius 2 is 1.77 bits per heavy atom. The van der Waals surface area contributed by atoms with Crippen molar-refractivity contribution >= 4 is 5.96 Å². The van der Waals surface area contributed by atoms with Crippen LogP contribution in [0.1, 0.15) is 18.1 Å². The molecule has 30 heavy (non-hydrogen) atoms. The van der Waals surface area contributed by atoms with Crippen molar-refractivity contribution in [2.24, 2.45) is 4.99 Å². The lowest BCUT2D eigenvalue weighted by Gasteiger charge is -2.18. The van der Waals surface area contributed by atoms with Crippen molar-refractivity contribution in [3.63, 3.8) is 0 Å². The molecule has 1 atom stereocenters. The van der Waals surface area contributed by atoms with Crippen molar-refractivity contribution < 1.29 is 9.47 Å². The van der Waals surface area contributed by atoms with Gasteiger partial charge < -0.3 is 20.1 Å². The summed E-state index contributed by atoms with van der Waals surface area (Å²) in [5.41, 5.74) is 2.31. The molecule has 3 aromatic rings. The molecule has 2 aromatic carbocycles. The van der Waals surface area contributed by atoms with Gasteiger partial charge in [-0.3, -0.25) is 9.67 Å². The molecule has 7 heteroatoms. The number of guanidine groups is 1. The molecule has 0 saturated heterocycles. The molecular weight excluding hydrogens is 378 g/mol. The quantitative estimate of drug-likeness (QED) is 0.421. The number of rotatable bonds is 9. The van der Waals surface area contributed by atoms with Gasteiger partial charge in [-0.15, -0.1) is 0 Å². The minimum atomic E-state index is -0.0616. The molecule has 0 radical (unpaired) electrons. The van der Waals surface area contributed by atoms with Crippen LogP contribution in [0.5, 0.6) is 11.5 Å². The first kappa shape index (κ1) is 21.2. The number of benzene rings is 2. The standard InChI is InChI=1S/C23H29N5O2/c1-18(30-22-12-8-7-11-21(22)29-3)13-25-23(24-2)26-14-20-15-27-28(17-20)16-19-9-5-4-6-10-19/h4-12,15,17-18H,13-14,16H2,1-3H3,(H2,24,25,26). The zero-order valence-electron chi connectivity index (χ0n) is 17.7. The zero-order chi connectivity index (χ0) is 21.2. The monoisotopic (exact) mass is 407 g/mol. The highest BCUT2D eigenvalue weighted by atomic mass is 16.5. The second kappa shape index (κ2) is 10.9. The minimum Gasteiger partial charge on any atom is -0.493 e. The molecule has 1 aromatic heterocycles. The second-order valence-electron chi connectivity index (χ2n) is 6.92. The van der Waals surface area contributed by atoms with Crippen LogP contribution in [0.15, 0.2) is 72.0 Å². The lowest BCUT2D eigenvalue weighted by atomic mass is 10.2. The van der Waals surface area contributed by atoms with Gasteiger partial charge in [0.05, 0.1) is 26.4 Å². The van der Waals surface area contributed by atoms with E-state index >= 15 is 0 Å². The summed E-state index contributed by atoms with van der Waals surface area (Å²) in [6, 6.07) is 17.9. The fourth-order valence-corrected chi connectivity index (χ4v) is 2.98. The molecule has 3 rings (SSSR count). The molecular formula is C23H29N5O2. The van der Waals surface area contributed by atoms with Crippen LogP contribution in [0, 0.1) is 0 Å². The van der Waals surface area contributed by atoms with Gasteiger partial charge in [-0.1, -0.05) is 42.5 Å². The summed E-state index contributed by atoms with van der Waals surface area (Å²) in [4.78, 5) is 4.28. The number of hydrogen-bond acceptors (Lipinski definition) is 4. The van der Waals surface area contributed by atoms with Gasteiger partial charge in [0.25, 0.3) is 0 Å². The van der Waals surface area contributed by atoms with E-state index in [-0.39, 0.29) is 6.10 Å². The topological polar surface area (TPSA) is 72.7 Å². The number of aliphatic imine (C=N–C) groups is 1. The number of methoxy groups -OCH3 is 1. The third-order valence-electron chi connectivity index (χ3n) is 4.51. The van der Waals surface area contributed by atoms with Crippen LogP contribution in [-0.2, 0) is 13.1 Å². The van der Waals surface area contributed by atoms with Crippen molar-refractivity contribution in [2.45, 2.75) is 26.1 Å². The molecule has 0 bridgehead atoms. The maximum absolute atomic E-state index is 5.97. The highest BCUT2D eigenvalue weighted by Crippen LogP contribution is 2.26. The van der Waals surface area contributed by atoms with Crippen molar-refractivity contribution in [1.29, 1.82) is 0 Å². The average Bonchev–Trinajstić information content (AvgIpc) is 3.22. The fourth-order valence-electron chi connectivity index (χ4n) is 2.98. The van der Waals surface area contributed by atoms with Gasteiger partial charge in [0.1, 0.15) is 6.10 Å². The van der Waals surface area contributed by atoms with E-state index in [9.17, 15) is 0 Å². The number of aromatic nitrogens is 2. The number of para-hydroxylation sites is 2. The lowest BCUT2D eigenvalue weighted by Crippen LogP contribution is -2.41. The van der Waals surface area contributed by atoms with E-state index in [1.807, 2.05) is 66.5 Å². The molecule has 0 saturated carbocycles. The van der Waals surface area contributed by atoms with E-state index in [1.54, 1.807) is 14.2 Å². The number of nitrogens with zero attached hydrogens (tertiary/aromatic N) is 3. The van der Waals surface area contributed by atoms with Gasteiger partial charge in [-0.25, -0.2) is 0 Å². The van der Waals surface area contributed by atoms with E-state index in [2.05, 4.69) is 32.9 Å². The summed E-state index contributed by atoms with van der Waals surface area (Å²) < 4.78 is 13.2. The summed E-state index contributed by atoms with van der Waals surface area (Å²) in [6.07, 6.45) is 3.85. The van der Waals surface area contributed by atoms with Crippen molar-refractivity contribution in [1.82, 2.24) is 20.4 Å². The predicted octanol–water partition coefficient (Wildman–Crippen LogP) is 3.07. The molecule has 0 aliphatic rings. The van der Waals surface area contributed by atoms with Crippen LogP contribution in [0.2, 0.25) is 0 Å². The second-order valence-corrected chi connectivity index (χ2v) is 6.92. The fraction of sp³-hybridized carbons (Fsp3) is 0.304. The number of nitrogens with one attached hydrogen (secondary N) is 2. The Morgan fingerprint density at radius 1 is 1.03 bits per heavy atom. The predicted molar refractivity (Wildman–Crippen MR) is 119 cm³/mol. The lowest BCUT2D eigenvalue weighted by molar-refractivity contribution is 0.213. The molecule has 1 heterocycles. The molecule has 0 spiro atoms. The van der Waals surface area contributed by atoms with Gasteiger partial charge in [-0.05, 0) is 24.6 Å². The zero-order valence-corrected chi connectivity index (χ0v) is 17.7. The normalized spacial score (nSPS) is 12.3. The highest BCUT2D eigenvalue weighted by Gasteiger charge is 2.09. The SMILES string of the molecule is CN=C(NCc1cnn(Cc2ccccc2)c1)NCC(C)Oc1ccccc1OC. The van der Waals surface area contributed by atoms with Gasteiger partial charge >= 0.3 is 0 Å². The number of hydrogen-bond donors (Lipinski definition) is 2. The summed E-state index contributed by atoms with van der Waals surface area (Å²) in [7, 11) is 3.39. The van der Waals surface area contributed by atoms with Crippen LogP contribution >= 0.6 is 0 Å². The molecule has 7 nitrogen and oxygen atoms in total. The van der Waals surface area contributed by atoms with Crippen LogP contribution in [0.25, 0.3) is 0 Å². The molecule has 0 aliphatic carbocycles. The minimum absolute atomic E-state index is 0.0616. The first-order valence-electron chi connectivity index (χ1n) is 9.97. The van der Waals surface area contributed by atoms with Gasteiger partial charge in [0.15, 0.2) is 17.5 Å². The van der Waals surface area contributed by atoms with Gasteiger partial charge in [0, 0.05) is 25.4 Å². The van der Waals surface area contributed by atoms with Crippen molar-refractivity contribution in [2.75, 3.05) is 20.7 Å². The molecule has 1 unspecified atom stereocenters. The Kier molecular flexibility index (Phi) is 7.71. The molecule has 0 amide bonds. The Labute approximate surface area is 177 Å². The van der Waals surface area contributed by atoms with E-state index in [0.29, 0.717) is 19.0 Å². The maximum Gasteiger partial charge on any atom is 0.191 e. The summed E-state index contributed by atoms with van der Waals surface area (Å²) in [5, 5.41) is 11.0. The summed E-state index contributed by atoms with van der Waals surface area (Å²) in [6.45, 7) is 3.99. The Bertz CT molecular complexity index is 940. The highest BCUT2D eigenvalue weighted by molar-refractivity contribution is 5.79. The Morgan fingerprint density at radius 3 is 2.50 bits per heavy atom. The van der Waals surface area contributed by atoms with Gasteiger partial charge in [0.2, 0.25) is 0 Å². The van der Waals surface area contributed by atoms with Crippen molar-refractivity contribution in [3.8, 4) is 11.5 Å². The van der Waals surface area contributed by atoms with E-state index in [1.165, 1.54) is 5.56 Å². The molecule has 0 fully saturated rings. The Hall–Kier alpha value is -3.48. The van der Waals surface area contributed by atoms with Gasteiger partial charge in [-0.2, -0.15) is 5.10 Å². The Balaban J connectivity index is 1.45.